The first-order valence-electron chi connectivity index (χ1n) is 6.51. The molecule has 2 fully saturated rings. The van der Waals surface area contributed by atoms with Gasteiger partial charge in [0.15, 0.2) is 0 Å². The van der Waals surface area contributed by atoms with Gasteiger partial charge in [0, 0.05) is 19.7 Å². The Morgan fingerprint density at radius 2 is 2.19 bits per heavy atom. The maximum Gasteiger partial charge on any atom is 0.0663 e. The van der Waals surface area contributed by atoms with Crippen molar-refractivity contribution in [2.24, 2.45) is 17.1 Å². The normalized spacial score (nSPS) is 37.1. The molecule has 2 heterocycles. The van der Waals surface area contributed by atoms with Gasteiger partial charge in [0.05, 0.1) is 12.1 Å². The second-order valence-electron chi connectivity index (χ2n) is 6.53. The summed E-state index contributed by atoms with van der Waals surface area (Å²) >= 11 is 0. The summed E-state index contributed by atoms with van der Waals surface area (Å²) in [4.78, 5) is 2.59. The van der Waals surface area contributed by atoms with Crippen LogP contribution in [-0.4, -0.2) is 43.3 Å². The van der Waals surface area contributed by atoms with Crippen LogP contribution in [0.2, 0.25) is 0 Å². The van der Waals surface area contributed by atoms with Crippen molar-refractivity contribution in [3.63, 3.8) is 0 Å². The van der Waals surface area contributed by atoms with Gasteiger partial charge in [-0.1, -0.05) is 20.8 Å². The number of likely N-dealkylation sites (tertiary alicyclic amines) is 1. The van der Waals surface area contributed by atoms with E-state index in [1.807, 2.05) is 0 Å². The van der Waals surface area contributed by atoms with E-state index in [-0.39, 0.29) is 5.54 Å². The van der Waals surface area contributed by atoms with Gasteiger partial charge in [0.25, 0.3) is 0 Å². The Labute approximate surface area is 99.3 Å². The summed E-state index contributed by atoms with van der Waals surface area (Å²) in [7, 11) is 0. The molecule has 0 aromatic rings. The van der Waals surface area contributed by atoms with Gasteiger partial charge < -0.3 is 10.5 Å². The third kappa shape index (κ3) is 2.13. The lowest BCUT2D eigenvalue weighted by atomic mass is 9.80. The summed E-state index contributed by atoms with van der Waals surface area (Å²) in [5.74, 6) is 0.802. The van der Waals surface area contributed by atoms with Gasteiger partial charge in [-0.15, -0.1) is 0 Å². The van der Waals surface area contributed by atoms with Crippen molar-refractivity contribution >= 4 is 0 Å². The van der Waals surface area contributed by atoms with E-state index in [9.17, 15) is 0 Å². The number of rotatable bonds is 2. The highest BCUT2D eigenvalue weighted by Crippen LogP contribution is 2.38. The molecule has 0 saturated carbocycles. The van der Waals surface area contributed by atoms with Crippen LogP contribution in [0.3, 0.4) is 0 Å². The SMILES string of the molecule is CC(C)(C)C1CCN(C2(CN)CCOC2)C1. The van der Waals surface area contributed by atoms with Crippen molar-refractivity contribution in [2.45, 2.75) is 39.2 Å². The summed E-state index contributed by atoms with van der Waals surface area (Å²) < 4.78 is 5.56. The molecule has 0 aromatic heterocycles. The number of nitrogens with zero attached hydrogens (tertiary/aromatic N) is 1. The van der Waals surface area contributed by atoms with E-state index in [1.54, 1.807) is 0 Å². The van der Waals surface area contributed by atoms with Gasteiger partial charge >= 0.3 is 0 Å². The number of nitrogens with two attached hydrogens (primary N) is 1. The lowest BCUT2D eigenvalue weighted by molar-refractivity contribution is 0.0825. The Balaban J connectivity index is 2.02. The lowest BCUT2D eigenvalue weighted by Gasteiger charge is -2.37. The van der Waals surface area contributed by atoms with Crippen LogP contribution in [0.1, 0.15) is 33.6 Å². The first-order chi connectivity index (χ1) is 7.48. The van der Waals surface area contributed by atoms with Crippen LogP contribution < -0.4 is 5.73 Å². The van der Waals surface area contributed by atoms with Crippen molar-refractivity contribution in [1.29, 1.82) is 0 Å². The smallest absolute Gasteiger partial charge is 0.0663 e. The molecule has 2 aliphatic heterocycles. The molecule has 0 radical (unpaired) electrons. The van der Waals surface area contributed by atoms with Gasteiger partial charge in [-0.3, -0.25) is 4.90 Å². The van der Waals surface area contributed by atoms with E-state index in [4.69, 9.17) is 10.5 Å². The largest absolute Gasteiger partial charge is 0.379 e. The van der Waals surface area contributed by atoms with E-state index < -0.39 is 0 Å². The zero-order chi connectivity index (χ0) is 11.8. The van der Waals surface area contributed by atoms with Crippen LogP contribution in [0, 0.1) is 11.3 Å². The van der Waals surface area contributed by atoms with Crippen molar-refractivity contribution in [3.8, 4) is 0 Å². The molecule has 2 rings (SSSR count). The summed E-state index contributed by atoms with van der Waals surface area (Å²) in [5.41, 5.74) is 6.55. The fourth-order valence-corrected chi connectivity index (χ4v) is 3.03. The lowest BCUT2D eigenvalue weighted by Crippen LogP contribution is -2.53. The van der Waals surface area contributed by atoms with Crippen LogP contribution >= 0.6 is 0 Å². The first kappa shape index (κ1) is 12.3. The predicted octanol–water partition coefficient (Wildman–Crippen LogP) is 1.47. The fourth-order valence-electron chi connectivity index (χ4n) is 3.03. The molecular formula is C13H26N2O. The van der Waals surface area contributed by atoms with Crippen molar-refractivity contribution < 1.29 is 4.74 Å². The Morgan fingerprint density at radius 1 is 1.44 bits per heavy atom. The van der Waals surface area contributed by atoms with Crippen LogP contribution in [0.15, 0.2) is 0 Å². The average molecular weight is 226 g/mol. The van der Waals surface area contributed by atoms with Gasteiger partial charge in [0.1, 0.15) is 0 Å². The third-order valence-electron chi connectivity index (χ3n) is 4.55. The standard InChI is InChI=1S/C13H26N2O/c1-12(2,3)11-4-6-15(8-11)13(9-14)5-7-16-10-13/h11H,4-10,14H2,1-3H3. The van der Waals surface area contributed by atoms with Crippen LogP contribution in [0.4, 0.5) is 0 Å². The zero-order valence-electron chi connectivity index (χ0n) is 11.0. The van der Waals surface area contributed by atoms with Crippen molar-refractivity contribution in [3.05, 3.63) is 0 Å². The molecule has 0 spiro atoms. The molecule has 94 valence electrons. The highest BCUT2D eigenvalue weighted by atomic mass is 16.5. The van der Waals surface area contributed by atoms with E-state index in [0.717, 1.165) is 32.1 Å². The van der Waals surface area contributed by atoms with E-state index in [0.29, 0.717) is 5.41 Å². The Kier molecular flexibility index (Phi) is 3.30. The van der Waals surface area contributed by atoms with E-state index in [2.05, 4.69) is 25.7 Å². The second kappa shape index (κ2) is 4.28. The van der Waals surface area contributed by atoms with Gasteiger partial charge in [-0.25, -0.2) is 0 Å². The highest BCUT2D eigenvalue weighted by Gasteiger charge is 2.44. The topological polar surface area (TPSA) is 38.5 Å². The monoisotopic (exact) mass is 226 g/mol. The molecule has 3 nitrogen and oxygen atoms in total. The predicted molar refractivity (Wildman–Crippen MR) is 66.4 cm³/mol. The molecule has 0 bridgehead atoms. The molecule has 0 amide bonds. The minimum Gasteiger partial charge on any atom is -0.379 e. The number of ether oxygens (including phenoxy) is 1. The fraction of sp³-hybridized carbons (Fsp3) is 1.00. The van der Waals surface area contributed by atoms with Crippen molar-refractivity contribution in [1.82, 2.24) is 4.90 Å². The van der Waals surface area contributed by atoms with E-state index in [1.165, 1.54) is 19.5 Å². The summed E-state index contributed by atoms with van der Waals surface area (Å²) in [6.45, 7) is 11.9. The molecule has 0 aromatic carbocycles. The summed E-state index contributed by atoms with van der Waals surface area (Å²) in [6, 6.07) is 0. The van der Waals surface area contributed by atoms with Gasteiger partial charge in [-0.2, -0.15) is 0 Å². The summed E-state index contributed by atoms with van der Waals surface area (Å²) in [5, 5.41) is 0. The Morgan fingerprint density at radius 3 is 2.62 bits per heavy atom. The molecule has 2 atom stereocenters. The van der Waals surface area contributed by atoms with Gasteiger partial charge in [-0.05, 0) is 30.7 Å². The van der Waals surface area contributed by atoms with Crippen LogP contribution in [-0.2, 0) is 4.74 Å². The zero-order valence-corrected chi connectivity index (χ0v) is 11.0. The molecule has 2 N–H and O–H groups in total. The highest BCUT2D eigenvalue weighted by molar-refractivity contribution is 4.99. The minimum absolute atomic E-state index is 0.153. The third-order valence-corrected chi connectivity index (χ3v) is 4.55. The van der Waals surface area contributed by atoms with Crippen LogP contribution in [0.5, 0.6) is 0 Å². The quantitative estimate of drug-likeness (QED) is 0.775. The molecular weight excluding hydrogens is 200 g/mol. The molecule has 2 aliphatic rings. The molecule has 0 aliphatic carbocycles. The molecule has 16 heavy (non-hydrogen) atoms. The summed E-state index contributed by atoms with van der Waals surface area (Å²) in [6.07, 6.45) is 2.42. The first-order valence-corrected chi connectivity index (χ1v) is 6.51. The van der Waals surface area contributed by atoms with E-state index >= 15 is 0 Å². The number of hydrogen-bond donors (Lipinski definition) is 1. The van der Waals surface area contributed by atoms with Crippen molar-refractivity contribution in [2.75, 3.05) is 32.8 Å². The average Bonchev–Trinajstić information content (AvgIpc) is 2.86. The maximum atomic E-state index is 5.98. The number of hydrogen-bond acceptors (Lipinski definition) is 3. The molecule has 3 heteroatoms. The molecule has 2 unspecified atom stereocenters. The van der Waals surface area contributed by atoms with Gasteiger partial charge in [0.2, 0.25) is 0 Å². The van der Waals surface area contributed by atoms with Crippen LogP contribution in [0.25, 0.3) is 0 Å². The second-order valence-corrected chi connectivity index (χ2v) is 6.53. The maximum absolute atomic E-state index is 5.98. The Hall–Kier alpha value is -0.120. The Bertz CT molecular complexity index is 241. The minimum atomic E-state index is 0.153. The molecule has 2 saturated heterocycles.